The second kappa shape index (κ2) is 4.45. The van der Waals surface area contributed by atoms with E-state index in [-0.39, 0.29) is 6.54 Å². The molecule has 5 heteroatoms. The highest BCUT2D eigenvalue weighted by Gasteiger charge is 2.35. The molecule has 1 aromatic rings. The van der Waals surface area contributed by atoms with Crippen LogP contribution in [0.3, 0.4) is 0 Å². The van der Waals surface area contributed by atoms with Gasteiger partial charge in [-0.05, 0) is 11.1 Å². The molecule has 5 nitrogen and oxygen atoms in total. The number of rotatable bonds is 1. The van der Waals surface area contributed by atoms with Gasteiger partial charge in [0.1, 0.15) is 6.04 Å². The standard InChI is InChI=1S/C12H13NO4/c1-17-11(14)10-6-8-4-2-3-5-9(8)7-13(10)12(15)16/h2-5,10H,6-7H2,1H3,(H,15,16). The molecular weight excluding hydrogens is 222 g/mol. The Bertz CT molecular complexity index is 458. The molecule has 1 heterocycles. The van der Waals surface area contributed by atoms with E-state index in [9.17, 15) is 9.59 Å². The second-order valence-corrected chi connectivity index (χ2v) is 3.92. The van der Waals surface area contributed by atoms with Crippen LogP contribution in [-0.2, 0) is 22.5 Å². The van der Waals surface area contributed by atoms with Crippen LogP contribution in [0.4, 0.5) is 4.79 Å². The summed E-state index contributed by atoms with van der Waals surface area (Å²) in [6.07, 6.45) is -0.732. The summed E-state index contributed by atoms with van der Waals surface area (Å²) in [4.78, 5) is 23.8. The molecular formula is C12H13NO4. The highest BCUT2D eigenvalue weighted by molar-refractivity contribution is 5.81. The van der Waals surface area contributed by atoms with Crippen LogP contribution in [0, 0.1) is 0 Å². The Morgan fingerprint density at radius 1 is 1.35 bits per heavy atom. The van der Waals surface area contributed by atoms with Crippen LogP contribution in [0.25, 0.3) is 0 Å². The molecule has 1 aliphatic heterocycles. The van der Waals surface area contributed by atoms with Gasteiger partial charge in [-0.1, -0.05) is 24.3 Å². The Kier molecular flexibility index (Phi) is 2.99. The first-order valence-electron chi connectivity index (χ1n) is 5.27. The fourth-order valence-electron chi connectivity index (χ4n) is 2.07. The summed E-state index contributed by atoms with van der Waals surface area (Å²) in [5.74, 6) is -0.512. The molecule has 0 saturated heterocycles. The summed E-state index contributed by atoms with van der Waals surface area (Å²) in [7, 11) is 1.27. The predicted molar refractivity (Wildman–Crippen MR) is 59.5 cm³/mol. The summed E-state index contributed by atoms with van der Waals surface area (Å²) in [5.41, 5.74) is 1.94. The molecule has 1 aliphatic rings. The lowest BCUT2D eigenvalue weighted by atomic mass is 9.94. The van der Waals surface area contributed by atoms with Crippen molar-refractivity contribution in [3.8, 4) is 0 Å². The van der Waals surface area contributed by atoms with Gasteiger partial charge < -0.3 is 9.84 Å². The van der Waals surface area contributed by atoms with E-state index in [1.165, 1.54) is 7.11 Å². The minimum absolute atomic E-state index is 0.227. The molecule has 2 rings (SSSR count). The van der Waals surface area contributed by atoms with Gasteiger partial charge in [0.15, 0.2) is 0 Å². The number of ether oxygens (including phenoxy) is 1. The molecule has 0 spiro atoms. The Morgan fingerprint density at radius 2 is 2.00 bits per heavy atom. The van der Waals surface area contributed by atoms with Gasteiger partial charge in [0.25, 0.3) is 0 Å². The SMILES string of the molecule is COC(=O)C1Cc2ccccc2CN1C(=O)O. The normalized spacial score (nSPS) is 18.4. The van der Waals surface area contributed by atoms with Gasteiger partial charge >= 0.3 is 12.1 Å². The first kappa shape index (κ1) is 11.4. The van der Waals surface area contributed by atoms with E-state index in [4.69, 9.17) is 5.11 Å². The van der Waals surface area contributed by atoms with Gasteiger partial charge in [0.05, 0.1) is 13.7 Å². The van der Waals surface area contributed by atoms with Gasteiger partial charge in [-0.25, -0.2) is 9.59 Å². The molecule has 17 heavy (non-hydrogen) atoms. The lowest BCUT2D eigenvalue weighted by Gasteiger charge is -2.32. The van der Waals surface area contributed by atoms with Crippen molar-refractivity contribution in [2.24, 2.45) is 0 Å². The largest absolute Gasteiger partial charge is 0.467 e. The Hall–Kier alpha value is -2.04. The van der Waals surface area contributed by atoms with E-state index >= 15 is 0 Å². The van der Waals surface area contributed by atoms with Crippen molar-refractivity contribution < 1.29 is 19.4 Å². The molecule has 0 saturated carbocycles. The number of benzene rings is 1. The molecule has 0 bridgehead atoms. The van der Waals surface area contributed by atoms with Gasteiger partial charge in [-0.2, -0.15) is 0 Å². The number of carbonyl (C=O) groups is 2. The number of nitrogens with zero attached hydrogens (tertiary/aromatic N) is 1. The zero-order valence-electron chi connectivity index (χ0n) is 9.42. The quantitative estimate of drug-likeness (QED) is 0.744. The molecule has 0 radical (unpaired) electrons. The molecule has 1 atom stereocenters. The Balaban J connectivity index is 2.34. The van der Waals surface area contributed by atoms with E-state index in [2.05, 4.69) is 4.74 Å². The van der Waals surface area contributed by atoms with Crippen molar-refractivity contribution in [3.63, 3.8) is 0 Å². The fraction of sp³-hybridized carbons (Fsp3) is 0.333. The van der Waals surface area contributed by atoms with E-state index in [0.29, 0.717) is 6.42 Å². The number of fused-ring (bicyclic) bond motifs is 1. The summed E-state index contributed by atoms with van der Waals surface area (Å²) in [6.45, 7) is 0.227. The molecule has 1 N–H and O–H groups in total. The molecule has 0 aliphatic carbocycles. The maximum absolute atomic E-state index is 11.6. The van der Waals surface area contributed by atoms with Crippen LogP contribution in [0.2, 0.25) is 0 Å². The van der Waals surface area contributed by atoms with Crippen LogP contribution >= 0.6 is 0 Å². The number of hydrogen-bond donors (Lipinski definition) is 1. The van der Waals surface area contributed by atoms with E-state index < -0.39 is 18.1 Å². The maximum atomic E-state index is 11.6. The van der Waals surface area contributed by atoms with E-state index in [1.807, 2.05) is 24.3 Å². The minimum atomic E-state index is -1.10. The van der Waals surface area contributed by atoms with Crippen LogP contribution in [-0.4, -0.2) is 35.2 Å². The average molecular weight is 235 g/mol. The number of carbonyl (C=O) groups excluding carboxylic acids is 1. The molecule has 0 aromatic heterocycles. The van der Waals surface area contributed by atoms with Crippen molar-refractivity contribution in [1.82, 2.24) is 4.90 Å². The second-order valence-electron chi connectivity index (χ2n) is 3.92. The average Bonchev–Trinajstić information content (AvgIpc) is 2.36. The fourth-order valence-corrected chi connectivity index (χ4v) is 2.07. The van der Waals surface area contributed by atoms with E-state index in [1.54, 1.807) is 0 Å². The van der Waals surface area contributed by atoms with Gasteiger partial charge in [-0.15, -0.1) is 0 Å². The lowest BCUT2D eigenvalue weighted by Crippen LogP contribution is -2.48. The molecule has 1 aromatic carbocycles. The highest BCUT2D eigenvalue weighted by atomic mass is 16.5. The van der Waals surface area contributed by atoms with Crippen LogP contribution in [0.15, 0.2) is 24.3 Å². The van der Waals surface area contributed by atoms with Crippen molar-refractivity contribution in [2.45, 2.75) is 19.0 Å². The smallest absolute Gasteiger partial charge is 0.408 e. The third-order valence-corrected chi connectivity index (χ3v) is 2.97. The first-order chi connectivity index (χ1) is 8.13. The Labute approximate surface area is 98.6 Å². The van der Waals surface area contributed by atoms with Crippen molar-refractivity contribution in [2.75, 3.05) is 7.11 Å². The van der Waals surface area contributed by atoms with Crippen LogP contribution in [0.5, 0.6) is 0 Å². The number of esters is 1. The molecule has 90 valence electrons. The lowest BCUT2D eigenvalue weighted by molar-refractivity contribution is -0.146. The third kappa shape index (κ3) is 2.08. The zero-order chi connectivity index (χ0) is 12.4. The topological polar surface area (TPSA) is 66.8 Å². The van der Waals surface area contributed by atoms with Crippen molar-refractivity contribution >= 4 is 12.1 Å². The van der Waals surface area contributed by atoms with Crippen molar-refractivity contribution in [3.05, 3.63) is 35.4 Å². The summed E-state index contributed by atoms with van der Waals surface area (Å²) < 4.78 is 4.64. The summed E-state index contributed by atoms with van der Waals surface area (Å²) in [6, 6.07) is 6.77. The summed E-state index contributed by atoms with van der Waals surface area (Å²) in [5, 5.41) is 9.10. The number of amides is 1. The van der Waals surface area contributed by atoms with Crippen LogP contribution < -0.4 is 0 Å². The van der Waals surface area contributed by atoms with Crippen LogP contribution in [0.1, 0.15) is 11.1 Å². The number of hydrogen-bond acceptors (Lipinski definition) is 3. The third-order valence-electron chi connectivity index (χ3n) is 2.97. The van der Waals surface area contributed by atoms with Gasteiger partial charge in [0.2, 0.25) is 0 Å². The predicted octanol–water partition coefficient (Wildman–Crippen LogP) is 1.26. The molecule has 1 amide bonds. The first-order valence-corrected chi connectivity index (χ1v) is 5.27. The maximum Gasteiger partial charge on any atom is 0.408 e. The summed E-state index contributed by atoms with van der Waals surface area (Å²) >= 11 is 0. The highest BCUT2D eigenvalue weighted by Crippen LogP contribution is 2.23. The number of carboxylic acid groups (broad SMARTS) is 1. The van der Waals surface area contributed by atoms with E-state index in [0.717, 1.165) is 16.0 Å². The van der Waals surface area contributed by atoms with Crippen molar-refractivity contribution in [1.29, 1.82) is 0 Å². The van der Waals surface area contributed by atoms with Gasteiger partial charge in [0, 0.05) is 6.42 Å². The van der Waals surface area contributed by atoms with Gasteiger partial charge in [-0.3, -0.25) is 4.90 Å². The minimum Gasteiger partial charge on any atom is -0.467 e. The molecule has 0 fully saturated rings. The Morgan fingerprint density at radius 3 is 2.59 bits per heavy atom. The monoisotopic (exact) mass is 235 g/mol. The zero-order valence-corrected chi connectivity index (χ0v) is 9.42. The number of methoxy groups -OCH3 is 1. The molecule has 1 unspecified atom stereocenters.